The van der Waals surface area contributed by atoms with Crippen molar-refractivity contribution in [1.29, 1.82) is 0 Å². The zero-order valence-corrected chi connectivity index (χ0v) is 16.1. The Morgan fingerprint density at radius 1 is 1.08 bits per heavy atom. The van der Waals surface area contributed by atoms with Crippen molar-refractivity contribution >= 4 is 5.96 Å². The largest absolute Gasteiger partial charge is 0.493 e. The van der Waals surface area contributed by atoms with Gasteiger partial charge in [0.1, 0.15) is 0 Å². The van der Waals surface area contributed by atoms with Gasteiger partial charge in [0.15, 0.2) is 17.5 Å². The molecular weight excluding hydrogens is 326 g/mol. The van der Waals surface area contributed by atoms with Crippen LogP contribution in [-0.2, 0) is 6.54 Å². The zero-order valence-electron chi connectivity index (χ0n) is 16.1. The van der Waals surface area contributed by atoms with Gasteiger partial charge in [0, 0.05) is 6.54 Å². The van der Waals surface area contributed by atoms with Crippen LogP contribution in [0.15, 0.2) is 53.5 Å². The third kappa shape index (κ3) is 5.69. The first-order valence-corrected chi connectivity index (χ1v) is 9.07. The molecule has 0 radical (unpaired) electrons. The molecule has 0 spiro atoms. The number of hydrogen-bond acceptors (Lipinski definition) is 3. The molecule has 1 atom stereocenters. The predicted octanol–water partition coefficient (Wildman–Crippen LogP) is 3.91. The summed E-state index contributed by atoms with van der Waals surface area (Å²) < 4.78 is 11.0. The van der Waals surface area contributed by atoms with Crippen LogP contribution in [0, 0.1) is 0 Å². The maximum absolute atomic E-state index is 5.64. The summed E-state index contributed by atoms with van der Waals surface area (Å²) in [5, 5.41) is 6.75. The molecular formula is C21H29N3O2. The van der Waals surface area contributed by atoms with Gasteiger partial charge in [-0.2, -0.15) is 0 Å². The van der Waals surface area contributed by atoms with Crippen molar-refractivity contribution in [2.24, 2.45) is 4.99 Å². The molecule has 0 saturated carbocycles. The average Bonchev–Trinajstić information content (AvgIpc) is 2.67. The van der Waals surface area contributed by atoms with Gasteiger partial charge in [-0.3, -0.25) is 0 Å². The van der Waals surface area contributed by atoms with Crippen LogP contribution in [0.4, 0.5) is 0 Å². The lowest BCUT2D eigenvalue weighted by Gasteiger charge is -2.18. The molecule has 5 nitrogen and oxygen atoms in total. The topological polar surface area (TPSA) is 54.9 Å². The van der Waals surface area contributed by atoms with Crippen molar-refractivity contribution < 1.29 is 9.47 Å². The number of hydrogen-bond donors (Lipinski definition) is 2. The average molecular weight is 355 g/mol. The van der Waals surface area contributed by atoms with Gasteiger partial charge in [-0.15, -0.1) is 0 Å². The van der Waals surface area contributed by atoms with Crippen LogP contribution in [0.1, 0.15) is 37.9 Å². The molecule has 2 N–H and O–H groups in total. The molecule has 2 aromatic rings. The van der Waals surface area contributed by atoms with Crippen molar-refractivity contribution in [2.45, 2.75) is 33.4 Å². The fourth-order valence-corrected chi connectivity index (χ4v) is 2.61. The molecule has 0 aliphatic carbocycles. The molecule has 2 rings (SSSR count). The van der Waals surface area contributed by atoms with Gasteiger partial charge in [0.2, 0.25) is 0 Å². The van der Waals surface area contributed by atoms with Crippen LogP contribution >= 0.6 is 0 Å². The molecule has 0 fully saturated rings. The quantitative estimate of drug-likeness (QED) is 0.557. The second kappa shape index (κ2) is 10.3. The Balaban J connectivity index is 2.10. The van der Waals surface area contributed by atoms with Crippen LogP contribution in [0.3, 0.4) is 0 Å². The minimum atomic E-state index is 0.170. The highest BCUT2D eigenvalue weighted by atomic mass is 16.5. The van der Waals surface area contributed by atoms with Gasteiger partial charge in [0.05, 0.1) is 26.3 Å². The van der Waals surface area contributed by atoms with Crippen LogP contribution < -0.4 is 20.1 Å². The number of guanidine groups is 1. The zero-order chi connectivity index (χ0) is 18.8. The first-order chi connectivity index (χ1) is 12.7. The monoisotopic (exact) mass is 355 g/mol. The van der Waals surface area contributed by atoms with Crippen molar-refractivity contribution in [2.75, 3.05) is 20.3 Å². The summed E-state index contributed by atoms with van der Waals surface area (Å²) in [4.78, 5) is 4.70. The third-order valence-corrected chi connectivity index (χ3v) is 3.94. The highest BCUT2D eigenvalue weighted by Crippen LogP contribution is 2.28. The van der Waals surface area contributed by atoms with Crippen molar-refractivity contribution in [3.05, 3.63) is 59.7 Å². The molecule has 0 aromatic heterocycles. The Morgan fingerprint density at radius 3 is 2.50 bits per heavy atom. The van der Waals surface area contributed by atoms with E-state index >= 15 is 0 Å². The fourth-order valence-electron chi connectivity index (χ4n) is 2.61. The summed E-state index contributed by atoms with van der Waals surface area (Å²) in [5.41, 5.74) is 2.29. The SMILES string of the molecule is CCNC(=NCc1ccc(OC)c(OCC)c1)NC(C)c1ccccc1. The summed E-state index contributed by atoms with van der Waals surface area (Å²) in [6.45, 7) is 8.11. The van der Waals surface area contributed by atoms with E-state index in [2.05, 4.69) is 36.6 Å². The normalized spacial score (nSPS) is 12.4. The molecule has 0 aliphatic heterocycles. The Bertz CT molecular complexity index is 702. The maximum atomic E-state index is 5.64. The summed E-state index contributed by atoms with van der Waals surface area (Å²) in [6, 6.07) is 16.4. The van der Waals surface area contributed by atoms with Crippen LogP contribution in [-0.4, -0.2) is 26.2 Å². The highest BCUT2D eigenvalue weighted by Gasteiger charge is 2.08. The van der Waals surface area contributed by atoms with E-state index in [0.717, 1.165) is 29.6 Å². The van der Waals surface area contributed by atoms with Gasteiger partial charge in [-0.1, -0.05) is 36.4 Å². The summed E-state index contributed by atoms with van der Waals surface area (Å²) >= 11 is 0. The second-order valence-corrected chi connectivity index (χ2v) is 5.89. The molecule has 0 aliphatic rings. The highest BCUT2D eigenvalue weighted by molar-refractivity contribution is 5.80. The molecule has 0 saturated heterocycles. The van der Waals surface area contributed by atoms with Gasteiger partial charge in [-0.05, 0) is 44.0 Å². The molecule has 2 aromatic carbocycles. The fraction of sp³-hybridized carbons (Fsp3) is 0.381. The van der Waals surface area contributed by atoms with Crippen molar-refractivity contribution in [1.82, 2.24) is 10.6 Å². The smallest absolute Gasteiger partial charge is 0.192 e. The molecule has 5 heteroatoms. The summed E-state index contributed by atoms with van der Waals surface area (Å²) in [7, 11) is 1.65. The lowest BCUT2D eigenvalue weighted by Crippen LogP contribution is -2.38. The van der Waals surface area contributed by atoms with Gasteiger partial charge in [0.25, 0.3) is 0 Å². The van der Waals surface area contributed by atoms with Crippen LogP contribution in [0.2, 0.25) is 0 Å². The van der Waals surface area contributed by atoms with E-state index in [9.17, 15) is 0 Å². The number of ether oxygens (including phenoxy) is 2. The molecule has 0 heterocycles. The molecule has 0 bridgehead atoms. The lowest BCUT2D eigenvalue weighted by atomic mass is 10.1. The Labute approximate surface area is 156 Å². The Kier molecular flexibility index (Phi) is 7.80. The van der Waals surface area contributed by atoms with E-state index in [4.69, 9.17) is 14.5 Å². The van der Waals surface area contributed by atoms with E-state index in [-0.39, 0.29) is 6.04 Å². The number of nitrogens with one attached hydrogen (secondary N) is 2. The number of nitrogens with zero attached hydrogens (tertiary/aromatic N) is 1. The van der Waals surface area contributed by atoms with Crippen molar-refractivity contribution in [3.8, 4) is 11.5 Å². The van der Waals surface area contributed by atoms with E-state index < -0.39 is 0 Å². The maximum Gasteiger partial charge on any atom is 0.192 e. The van der Waals surface area contributed by atoms with E-state index in [0.29, 0.717) is 13.2 Å². The van der Waals surface area contributed by atoms with E-state index in [1.807, 2.05) is 43.3 Å². The summed E-state index contributed by atoms with van der Waals surface area (Å²) in [6.07, 6.45) is 0. The summed E-state index contributed by atoms with van der Waals surface area (Å²) in [5.74, 6) is 2.28. The first kappa shape index (κ1) is 19.6. The Hall–Kier alpha value is -2.69. The number of rotatable bonds is 8. The molecule has 1 unspecified atom stereocenters. The number of aliphatic imine (C=N–C) groups is 1. The molecule has 140 valence electrons. The molecule has 26 heavy (non-hydrogen) atoms. The predicted molar refractivity (Wildman–Crippen MR) is 107 cm³/mol. The van der Waals surface area contributed by atoms with Crippen LogP contribution in [0.25, 0.3) is 0 Å². The third-order valence-electron chi connectivity index (χ3n) is 3.94. The van der Waals surface area contributed by atoms with Crippen LogP contribution in [0.5, 0.6) is 11.5 Å². The minimum absolute atomic E-state index is 0.170. The van der Waals surface area contributed by atoms with E-state index in [1.54, 1.807) is 7.11 Å². The van der Waals surface area contributed by atoms with Crippen molar-refractivity contribution in [3.63, 3.8) is 0 Å². The van der Waals surface area contributed by atoms with Gasteiger partial charge in [-0.25, -0.2) is 4.99 Å². The second-order valence-electron chi connectivity index (χ2n) is 5.89. The Morgan fingerprint density at radius 2 is 1.85 bits per heavy atom. The minimum Gasteiger partial charge on any atom is -0.493 e. The first-order valence-electron chi connectivity index (χ1n) is 9.07. The van der Waals surface area contributed by atoms with Gasteiger partial charge >= 0.3 is 0 Å². The standard InChI is InChI=1S/C21H29N3O2/c1-5-22-21(24-16(3)18-10-8-7-9-11-18)23-15-17-12-13-19(25-4)20(14-17)26-6-2/h7-14,16H,5-6,15H2,1-4H3,(H2,22,23,24). The van der Waals surface area contributed by atoms with Gasteiger partial charge < -0.3 is 20.1 Å². The number of methoxy groups -OCH3 is 1. The number of benzene rings is 2. The van der Waals surface area contributed by atoms with E-state index in [1.165, 1.54) is 5.56 Å². The molecule has 0 amide bonds. The lowest BCUT2D eigenvalue weighted by molar-refractivity contribution is 0.310.